The Hall–Kier alpha value is -0.810. The summed E-state index contributed by atoms with van der Waals surface area (Å²) in [5.74, 6) is 1.38. The van der Waals surface area contributed by atoms with E-state index in [1.165, 1.54) is 0 Å². The van der Waals surface area contributed by atoms with Crippen molar-refractivity contribution in [3.63, 3.8) is 0 Å². The molecule has 1 heterocycles. The first-order valence-corrected chi connectivity index (χ1v) is 10.5. The molecular weight excluding hydrogens is 483 g/mol. The van der Waals surface area contributed by atoms with E-state index < -0.39 is 5.60 Å². The maximum atomic E-state index is 11.6. The third kappa shape index (κ3) is 12.5. The van der Waals surface area contributed by atoms with Gasteiger partial charge in [-0.25, -0.2) is 4.79 Å². The molecule has 1 fully saturated rings. The number of ether oxygens (including phenoxy) is 1. The van der Waals surface area contributed by atoms with Crippen LogP contribution in [0.4, 0.5) is 4.79 Å². The average Bonchev–Trinajstić information content (AvgIpc) is 2.59. The maximum absolute atomic E-state index is 11.6. The van der Waals surface area contributed by atoms with Crippen LogP contribution >= 0.6 is 24.0 Å². The zero-order valence-electron chi connectivity index (χ0n) is 19.4. The van der Waals surface area contributed by atoms with Crippen LogP contribution in [-0.2, 0) is 4.74 Å². The second-order valence-corrected chi connectivity index (χ2v) is 8.81. The van der Waals surface area contributed by atoms with Crippen LogP contribution < -0.4 is 16.0 Å². The number of rotatable bonds is 8. The minimum Gasteiger partial charge on any atom is -0.444 e. The molecule has 0 radical (unpaired) electrons. The van der Waals surface area contributed by atoms with Crippen LogP contribution in [0.3, 0.4) is 0 Å². The normalized spacial score (nSPS) is 17.4. The van der Waals surface area contributed by atoms with Crippen LogP contribution in [0.2, 0.25) is 0 Å². The average molecular weight is 527 g/mol. The summed E-state index contributed by atoms with van der Waals surface area (Å²) >= 11 is 0. The van der Waals surface area contributed by atoms with Gasteiger partial charge in [-0.15, -0.1) is 24.0 Å². The van der Waals surface area contributed by atoms with Gasteiger partial charge in [-0.05, 0) is 40.2 Å². The lowest BCUT2D eigenvalue weighted by Gasteiger charge is -2.40. The Bertz CT molecular complexity index is 488. The Morgan fingerprint density at radius 3 is 2.17 bits per heavy atom. The molecule has 1 atom stereocenters. The summed E-state index contributed by atoms with van der Waals surface area (Å²) in [5, 5.41) is 9.55. The first-order chi connectivity index (χ1) is 13.1. The Labute approximate surface area is 194 Å². The van der Waals surface area contributed by atoms with Gasteiger partial charge in [-0.2, -0.15) is 0 Å². The number of alkyl carbamates (subject to hydrolysis) is 1. The van der Waals surface area contributed by atoms with E-state index >= 15 is 0 Å². The second-order valence-electron chi connectivity index (χ2n) is 8.81. The highest BCUT2D eigenvalue weighted by molar-refractivity contribution is 14.0. The van der Waals surface area contributed by atoms with Gasteiger partial charge in [-0.1, -0.05) is 13.8 Å². The molecule has 1 rings (SSSR count). The standard InChI is InChI=1S/C20H42N6O2.HI/c1-16(2)17(26-13-11-25(7)12-14-26)15-24-18(21-6)22-9-8-10-23-19(27)28-20(3,4)5;/h16-17H,8-15H2,1-7H3,(H,23,27)(H2,21,22,24);1H. The van der Waals surface area contributed by atoms with Crippen LogP contribution in [0.15, 0.2) is 4.99 Å². The third-order valence-electron chi connectivity index (χ3n) is 4.79. The van der Waals surface area contributed by atoms with E-state index in [-0.39, 0.29) is 30.1 Å². The van der Waals surface area contributed by atoms with Crippen molar-refractivity contribution in [1.29, 1.82) is 0 Å². The number of amides is 1. The molecule has 1 unspecified atom stereocenters. The smallest absolute Gasteiger partial charge is 0.407 e. The second kappa shape index (κ2) is 14.2. The van der Waals surface area contributed by atoms with Crippen molar-refractivity contribution in [3.05, 3.63) is 0 Å². The van der Waals surface area contributed by atoms with Gasteiger partial charge in [0.25, 0.3) is 0 Å². The van der Waals surface area contributed by atoms with Gasteiger partial charge in [0.05, 0.1) is 0 Å². The van der Waals surface area contributed by atoms with Gasteiger partial charge >= 0.3 is 6.09 Å². The predicted octanol–water partition coefficient (Wildman–Crippen LogP) is 1.96. The summed E-state index contributed by atoms with van der Waals surface area (Å²) < 4.78 is 5.22. The van der Waals surface area contributed by atoms with Crippen LogP contribution in [0.1, 0.15) is 41.0 Å². The first kappa shape index (κ1) is 28.2. The number of likely N-dealkylation sites (N-methyl/N-ethyl adjacent to an activating group) is 1. The molecule has 0 saturated carbocycles. The summed E-state index contributed by atoms with van der Waals surface area (Å²) in [4.78, 5) is 20.9. The Morgan fingerprint density at radius 2 is 1.66 bits per heavy atom. The molecule has 0 aromatic heterocycles. The molecule has 0 aromatic carbocycles. The number of carbonyl (C=O) groups excluding carboxylic acids is 1. The van der Waals surface area contributed by atoms with Crippen molar-refractivity contribution in [2.45, 2.75) is 52.7 Å². The summed E-state index contributed by atoms with van der Waals surface area (Å²) in [7, 11) is 3.97. The minimum absolute atomic E-state index is 0. The van der Waals surface area contributed by atoms with E-state index in [4.69, 9.17) is 4.74 Å². The number of aliphatic imine (C=N–C) groups is 1. The van der Waals surface area contributed by atoms with Crippen molar-refractivity contribution in [2.24, 2.45) is 10.9 Å². The molecular formula is C20H43IN6O2. The molecule has 0 aliphatic carbocycles. The summed E-state index contributed by atoms with van der Waals surface area (Å²) in [6.07, 6.45) is 0.424. The number of piperazine rings is 1. The largest absolute Gasteiger partial charge is 0.444 e. The van der Waals surface area contributed by atoms with Crippen molar-refractivity contribution < 1.29 is 9.53 Å². The van der Waals surface area contributed by atoms with Crippen LogP contribution in [0.5, 0.6) is 0 Å². The van der Waals surface area contributed by atoms with E-state index in [0.717, 1.165) is 51.6 Å². The van der Waals surface area contributed by atoms with Crippen LogP contribution in [-0.4, -0.2) is 93.4 Å². The van der Waals surface area contributed by atoms with Gasteiger partial charge in [0, 0.05) is 58.9 Å². The lowest BCUT2D eigenvalue weighted by Crippen LogP contribution is -2.55. The highest BCUT2D eigenvalue weighted by Crippen LogP contribution is 2.12. The number of halogens is 1. The summed E-state index contributed by atoms with van der Waals surface area (Å²) in [5.41, 5.74) is -0.467. The monoisotopic (exact) mass is 526 g/mol. The quantitative estimate of drug-likeness (QED) is 0.194. The van der Waals surface area contributed by atoms with E-state index in [0.29, 0.717) is 18.5 Å². The first-order valence-electron chi connectivity index (χ1n) is 10.5. The van der Waals surface area contributed by atoms with Crippen molar-refractivity contribution in [2.75, 3.05) is 59.9 Å². The number of guanidine groups is 1. The highest BCUT2D eigenvalue weighted by atomic mass is 127. The molecule has 3 N–H and O–H groups in total. The summed E-state index contributed by atoms with van der Waals surface area (Å²) in [6.45, 7) is 16.8. The Morgan fingerprint density at radius 1 is 1.07 bits per heavy atom. The van der Waals surface area contributed by atoms with Crippen LogP contribution in [0.25, 0.3) is 0 Å². The van der Waals surface area contributed by atoms with E-state index in [1.807, 2.05) is 20.8 Å². The molecule has 29 heavy (non-hydrogen) atoms. The van der Waals surface area contributed by atoms with E-state index in [9.17, 15) is 4.79 Å². The fraction of sp³-hybridized carbons (Fsp3) is 0.900. The lowest BCUT2D eigenvalue weighted by molar-refractivity contribution is 0.0527. The molecule has 0 spiro atoms. The zero-order valence-corrected chi connectivity index (χ0v) is 21.7. The number of nitrogens with zero attached hydrogens (tertiary/aromatic N) is 3. The van der Waals surface area contributed by atoms with E-state index in [2.05, 4.69) is 51.6 Å². The zero-order chi connectivity index (χ0) is 21.2. The molecule has 9 heteroatoms. The Kier molecular flexibility index (Phi) is 13.8. The fourth-order valence-electron chi connectivity index (χ4n) is 3.16. The number of carbonyl (C=O) groups is 1. The third-order valence-corrected chi connectivity index (χ3v) is 4.79. The molecule has 0 aromatic rings. The van der Waals surface area contributed by atoms with Crippen molar-refractivity contribution >= 4 is 36.0 Å². The number of nitrogens with one attached hydrogen (secondary N) is 3. The van der Waals surface area contributed by atoms with Gasteiger partial charge in [0.1, 0.15) is 5.60 Å². The molecule has 172 valence electrons. The Balaban J connectivity index is 0.00000784. The van der Waals surface area contributed by atoms with Gasteiger partial charge in [0.15, 0.2) is 5.96 Å². The van der Waals surface area contributed by atoms with Crippen molar-refractivity contribution in [3.8, 4) is 0 Å². The molecule has 8 nitrogen and oxygen atoms in total. The van der Waals surface area contributed by atoms with Gasteiger partial charge in [0.2, 0.25) is 0 Å². The van der Waals surface area contributed by atoms with E-state index in [1.54, 1.807) is 7.05 Å². The lowest BCUT2D eigenvalue weighted by atomic mass is 10.0. The van der Waals surface area contributed by atoms with Gasteiger partial charge < -0.3 is 25.6 Å². The fourth-order valence-corrected chi connectivity index (χ4v) is 3.16. The summed E-state index contributed by atoms with van der Waals surface area (Å²) in [6, 6.07) is 0.487. The molecule has 1 amide bonds. The maximum Gasteiger partial charge on any atom is 0.407 e. The van der Waals surface area contributed by atoms with Gasteiger partial charge in [-0.3, -0.25) is 9.89 Å². The molecule has 1 aliphatic heterocycles. The SMILES string of the molecule is CN=C(NCCCNC(=O)OC(C)(C)C)NCC(C(C)C)N1CCN(C)CC1.I. The van der Waals surface area contributed by atoms with Crippen molar-refractivity contribution in [1.82, 2.24) is 25.8 Å². The molecule has 0 bridgehead atoms. The number of hydrogen-bond donors (Lipinski definition) is 3. The number of hydrogen-bond acceptors (Lipinski definition) is 5. The predicted molar refractivity (Wildman–Crippen MR) is 131 cm³/mol. The molecule has 1 aliphatic rings. The molecule has 1 saturated heterocycles. The topological polar surface area (TPSA) is 81.2 Å². The van der Waals surface area contributed by atoms with Crippen LogP contribution in [0, 0.1) is 5.92 Å². The minimum atomic E-state index is -0.467. The highest BCUT2D eigenvalue weighted by Gasteiger charge is 2.25.